The zero-order valence-electron chi connectivity index (χ0n) is 15.6. The summed E-state index contributed by atoms with van der Waals surface area (Å²) < 4.78 is 28.4. The number of nitrogens with zero attached hydrogens (tertiary/aromatic N) is 1. The summed E-state index contributed by atoms with van der Waals surface area (Å²) in [4.78, 5) is 36.6. The molecule has 3 aromatic rings. The quantitative estimate of drug-likeness (QED) is 0.706. The third-order valence-corrected chi connectivity index (χ3v) is 4.17. The van der Waals surface area contributed by atoms with E-state index in [0.29, 0.717) is 11.3 Å². The largest absolute Gasteiger partial charge is 0.324 e. The number of nitrogens with one attached hydrogen (secondary N) is 2. The Hall–Kier alpha value is -3.81. The van der Waals surface area contributed by atoms with E-state index >= 15 is 0 Å². The van der Waals surface area contributed by atoms with Crippen LogP contribution in [0.15, 0.2) is 59.5 Å². The highest BCUT2D eigenvalue weighted by atomic mass is 19.1. The van der Waals surface area contributed by atoms with Crippen LogP contribution in [0.2, 0.25) is 0 Å². The minimum atomic E-state index is -0.730. The van der Waals surface area contributed by atoms with E-state index in [1.807, 2.05) is 0 Å². The van der Waals surface area contributed by atoms with Crippen LogP contribution in [0.25, 0.3) is 5.69 Å². The molecule has 0 spiro atoms. The van der Waals surface area contributed by atoms with Crippen molar-refractivity contribution in [3.05, 3.63) is 87.8 Å². The van der Waals surface area contributed by atoms with E-state index in [4.69, 9.17) is 0 Å². The van der Waals surface area contributed by atoms with Crippen LogP contribution in [0.4, 0.5) is 20.2 Å². The van der Waals surface area contributed by atoms with E-state index in [1.54, 1.807) is 13.0 Å². The Bertz CT molecular complexity index is 1150. The number of amides is 2. The van der Waals surface area contributed by atoms with Crippen molar-refractivity contribution in [3.8, 4) is 5.69 Å². The van der Waals surface area contributed by atoms with Crippen LogP contribution in [0, 0.1) is 18.6 Å². The van der Waals surface area contributed by atoms with Gasteiger partial charge in [-0.25, -0.2) is 8.78 Å². The van der Waals surface area contributed by atoms with Gasteiger partial charge in [0.05, 0.1) is 5.69 Å². The second-order valence-electron chi connectivity index (χ2n) is 6.36. The summed E-state index contributed by atoms with van der Waals surface area (Å²) in [6.07, 6.45) is 1.49. The molecule has 0 aliphatic heterocycles. The first kappa shape index (κ1) is 19.9. The molecule has 0 unspecified atom stereocenters. The van der Waals surface area contributed by atoms with Crippen LogP contribution in [0.1, 0.15) is 22.8 Å². The normalized spacial score (nSPS) is 10.5. The lowest BCUT2D eigenvalue weighted by molar-refractivity contribution is -0.114. The molecule has 0 aliphatic rings. The molecule has 2 aromatic carbocycles. The number of pyridine rings is 1. The maximum Gasteiger partial charge on any atom is 0.268 e. The Kier molecular flexibility index (Phi) is 5.54. The van der Waals surface area contributed by atoms with Crippen molar-refractivity contribution in [2.45, 2.75) is 13.8 Å². The standard InChI is InChI=1S/C21H17F2N3O3/c1-12-9-10-26(16-6-3-14(22)4-7-16)21(29)19(12)20(28)25-15-5-8-18(17(23)11-15)24-13(2)27/h3-11H,1-2H3,(H,24,27)(H,25,28). The van der Waals surface area contributed by atoms with Crippen LogP contribution in [-0.2, 0) is 4.79 Å². The molecule has 3 rings (SSSR count). The summed E-state index contributed by atoms with van der Waals surface area (Å²) in [6.45, 7) is 2.85. The molecule has 2 amide bonds. The lowest BCUT2D eigenvalue weighted by Gasteiger charge is -2.12. The van der Waals surface area contributed by atoms with Crippen molar-refractivity contribution in [2.24, 2.45) is 0 Å². The van der Waals surface area contributed by atoms with Gasteiger partial charge >= 0.3 is 0 Å². The van der Waals surface area contributed by atoms with Gasteiger partial charge in [0, 0.05) is 24.5 Å². The molecule has 0 saturated carbocycles. The van der Waals surface area contributed by atoms with Gasteiger partial charge in [0.1, 0.15) is 17.2 Å². The first-order valence-electron chi connectivity index (χ1n) is 8.63. The molecule has 0 fully saturated rings. The van der Waals surface area contributed by atoms with Crippen molar-refractivity contribution in [1.82, 2.24) is 4.57 Å². The van der Waals surface area contributed by atoms with Gasteiger partial charge in [0.15, 0.2) is 0 Å². The molecule has 148 valence electrons. The number of rotatable bonds is 4. The van der Waals surface area contributed by atoms with Gasteiger partial charge < -0.3 is 10.6 Å². The zero-order valence-corrected chi connectivity index (χ0v) is 15.6. The maximum absolute atomic E-state index is 14.1. The lowest BCUT2D eigenvalue weighted by Crippen LogP contribution is -2.29. The average molecular weight is 397 g/mol. The monoisotopic (exact) mass is 397 g/mol. The van der Waals surface area contributed by atoms with Crippen LogP contribution >= 0.6 is 0 Å². The number of carbonyl (C=O) groups is 2. The second-order valence-corrected chi connectivity index (χ2v) is 6.36. The van der Waals surface area contributed by atoms with E-state index in [1.165, 1.54) is 54.1 Å². The fraction of sp³-hybridized carbons (Fsp3) is 0.0952. The molecule has 29 heavy (non-hydrogen) atoms. The molecule has 1 heterocycles. The maximum atomic E-state index is 14.1. The molecule has 6 nitrogen and oxygen atoms in total. The molecule has 8 heteroatoms. The van der Waals surface area contributed by atoms with E-state index in [-0.39, 0.29) is 16.9 Å². The highest BCUT2D eigenvalue weighted by molar-refractivity contribution is 6.05. The zero-order chi connectivity index (χ0) is 21.1. The van der Waals surface area contributed by atoms with Crippen LogP contribution < -0.4 is 16.2 Å². The van der Waals surface area contributed by atoms with Gasteiger partial charge in [-0.2, -0.15) is 0 Å². The smallest absolute Gasteiger partial charge is 0.268 e. The minimum absolute atomic E-state index is 0.0231. The summed E-state index contributed by atoms with van der Waals surface area (Å²) in [6, 6.07) is 10.6. The Morgan fingerprint density at radius 2 is 1.66 bits per heavy atom. The van der Waals surface area contributed by atoms with Gasteiger partial charge in [-0.05, 0) is 61.0 Å². The van der Waals surface area contributed by atoms with Gasteiger partial charge in [-0.3, -0.25) is 19.0 Å². The number of halogens is 2. The van der Waals surface area contributed by atoms with E-state index in [9.17, 15) is 23.2 Å². The number of aryl methyl sites for hydroxylation is 1. The second kappa shape index (κ2) is 8.05. The number of hydrogen-bond acceptors (Lipinski definition) is 3. The molecule has 0 saturated heterocycles. The summed E-state index contributed by atoms with van der Waals surface area (Å²) in [7, 11) is 0. The van der Waals surface area contributed by atoms with Crippen molar-refractivity contribution in [3.63, 3.8) is 0 Å². The van der Waals surface area contributed by atoms with Gasteiger partial charge in [0.25, 0.3) is 11.5 Å². The molecular weight excluding hydrogens is 380 g/mol. The molecule has 2 N–H and O–H groups in total. The predicted molar refractivity (Wildman–Crippen MR) is 105 cm³/mol. The molecule has 0 aliphatic carbocycles. The van der Waals surface area contributed by atoms with Crippen molar-refractivity contribution < 1.29 is 18.4 Å². The fourth-order valence-corrected chi connectivity index (χ4v) is 2.79. The Labute approximate surface area is 164 Å². The Morgan fingerprint density at radius 1 is 0.966 bits per heavy atom. The Morgan fingerprint density at radius 3 is 2.28 bits per heavy atom. The van der Waals surface area contributed by atoms with Gasteiger partial charge in [-0.1, -0.05) is 0 Å². The number of aromatic nitrogens is 1. The molecule has 1 aromatic heterocycles. The summed E-state index contributed by atoms with van der Waals surface area (Å²) >= 11 is 0. The number of anilines is 2. The summed E-state index contributed by atoms with van der Waals surface area (Å²) in [5.74, 6) is -2.32. The first-order valence-corrected chi connectivity index (χ1v) is 8.63. The topological polar surface area (TPSA) is 80.2 Å². The summed E-state index contributed by atoms with van der Waals surface area (Å²) in [5, 5.41) is 4.81. The molecular formula is C21H17F2N3O3. The van der Waals surface area contributed by atoms with Crippen molar-refractivity contribution in [1.29, 1.82) is 0 Å². The molecule has 0 bridgehead atoms. The van der Waals surface area contributed by atoms with E-state index < -0.39 is 29.0 Å². The van der Waals surface area contributed by atoms with E-state index in [0.717, 1.165) is 6.07 Å². The minimum Gasteiger partial charge on any atom is -0.324 e. The van der Waals surface area contributed by atoms with Gasteiger partial charge in [-0.15, -0.1) is 0 Å². The van der Waals surface area contributed by atoms with Crippen LogP contribution in [-0.4, -0.2) is 16.4 Å². The van der Waals surface area contributed by atoms with E-state index in [2.05, 4.69) is 10.6 Å². The third-order valence-electron chi connectivity index (χ3n) is 4.17. The first-order chi connectivity index (χ1) is 13.8. The lowest BCUT2D eigenvalue weighted by atomic mass is 10.1. The highest BCUT2D eigenvalue weighted by Crippen LogP contribution is 2.20. The molecule has 0 atom stereocenters. The summed E-state index contributed by atoms with van der Waals surface area (Å²) in [5.41, 5.74) is 0.215. The number of benzene rings is 2. The van der Waals surface area contributed by atoms with Crippen molar-refractivity contribution in [2.75, 3.05) is 10.6 Å². The number of carbonyl (C=O) groups excluding carboxylic acids is 2. The SMILES string of the molecule is CC(=O)Nc1ccc(NC(=O)c2c(C)ccn(-c3ccc(F)cc3)c2=O)cc1F. The molecule has 0 radical (unpaired) electrons. The third kappa shape index (κ3) is 4.37. The van der Waals surface area contributed by atoms with Crippen LogP contribution in [0.3, 0.4) is 0 Å². The predicted octanol–water partition coefficient (Wildman–Crippen LogP) is 3.63. The van der Waals surface area contributed by atoms with Crippen molar-refractivity contribution >= 4 is 23.2 Å². The average Bonchev–Trinajstić information content (AvgIpc) is 2.65. The highest BCUT2D eigenvalue weighted by Gasteiger charge is 2.17. The number of hydrogen-bond donors (Lipinski definition) is 2. The van der Waals surface area contributed by atoms with Crippen LogP contribution in [0.5, 0.6) is 0 Å². The fourth-order valence-electron chi connectivity index (χ4n) is 2.79. The van der Waals surface area contributed by atoms with Gasteiger partial charge in [0.2, 0.25) is 5.91 Å². The Balaban J connectivity index is 1.92.